The maximum Gasteiger partial charge on any atom is 0.268 e. The second-order valence-electron chi connectivity index (χ2n) is 7.30. The zero-order valence-corrected chi connectivity index (χ0v) is 18.8. The average Bonchev–Trinajstić information content (AvgIpc) is 3.22. The predicted molar refractivity (Wildman–Crippen MR) is 125 cm³/mol. The standard InChI is InChI=1S/C24H24N4O3S/c1-17(2)14-22-27-28-24(32-22)26-23(29)19(16-25)15-18-8-10-21(11-9-18)31-13-12-30-20-6-4-3-5-7-20/h3-11,15,17H,12-14H2,1-2H3,(H,26,28,29)/b19-15-. The summed E-state index contributed by atoms with van der Waals surface area (Å²) in [5.41, 5.74) is 0.692. The number of ether oxygens (including phenoxy) is 2. The van der Waals surface area contributed by atoms with Crippen LogP contribution in [0, 0.1) is 17.2 Å². The van der Waals surface area contributed by atoms with E-state index in [0.29, 0.717) is 35.6 Å². The highest BCUT2D eigenvalue weighted by Gasteiger charge is 2.13. The Morgan fingerprint density at radius 2 is 1.72 bits per heavy atom. The van der Waals surface area contributed by atoms with Crippen molar-refractivity contribution in [2.45, 2.75) is 20.3 Å². The van der Waals surface area contributed by atoms with Gasteiger partial charge in [-0.3, -0.25) is 10.1 Å². The van der Waals surface area contributed by atoms with E-state index < -0.39 is 5.91 Å². The summed E-state index contributed by atoms with van der Waals surface area (Å²) < 4.78 is 11.3. The topological polar surface area (TPSA) is 97.1 Å². The van der Waals surface area contributed by atoms with Crippen LogP contribution in [-0.2, 0) is 11.2 Å². The van der Waals surface area contributed by atoms with E-state index in [9.17, 15) is 10.1 Å². The minimum atomic E-state index is -0.516. The first-order chi connectivity index (χ1) is 15.5. The van der Waals surface area contributed by atoms with E-state index in [4.69, 9.17) is 9.47 Å². The van der Waals surface area contributed by atoms with Gasteiger partial charge in [-0.15, -0.1) is 10.2 Å². The maximum absolute atomic E-state index is 12.4. The first-order valence-corrected chi connectivity index (χ1v) is 11.0. The van der Waals surface area contributed by atoms with Gasteiger partial charge in [0.15, 0.2) is 0 Å². The van der Waals surface area contributed by atoms with Crippen LogP contribution in [0.1, 0.15) is 24.4 Å². The quantitative estimate of drug-likeness (QED) is 0.273. The molecule has 0 saturated carbocycles. The van der Waals surface area contributed by atoms with Gasteiger partial charge in [-0.2, -0.15) is 5.26 Å². The van der Waals surface area contributed by atoms with Crippen LogP contribution in [0.15, 0.2) is 60.2 Å². The SMILES string of the molecule is CC(C)Cc1nnc(NC(=O)/C(C#N)=C\c2ccc(OCCOc3ccccc3)cc2)s1. The Bertz CT molecular complexity index is 1090. The van der Waals surface area contributed by atoms with Gasteiger partial charge in [-0.1, -0.05) is 55.5 Å². The van der Waals surface area contributed by atoms with E-state index >= 15 is 0 Å². The first-order valence-electron chi connectivity index (χ1n) is 10.2. The zero-order chi connectivity index (χ0) is 22.8. The number of amides is 1. The Morgan fingerprint density at radius 1 is 1.06 bits per heavy atom. The highest BCUT2D eigenvalue weighted by atomic mass is 32.1. The molecule has 1 N–H and O–H groups in total. The molecule has 3 aromatic rings. The molecule has 0 aliphatic heterocycles. The van der Waals surface area contributed by atoms with Gasteiger partial charge in [0.25, 0.3) is 5.91 Å². The van der Waals surface area contributed by atoms with Gasteiger partial charge in [0.05, 0.1) is 0 Å². The average molecular weight is 449 g/mol. The molecule has 0 unspecified atom stereocenters. The lowest BCUT2D eigenvalue weighted by molar-refractivity contribution is -0.112. The minimum absolute atomic E-state index is 0.0180. The second kappa shape index (κ2) is 11.6. The highest BCUT2D eigenvalue weighted by Crippen LogP contribution is 2.20. The monoisotopic (exact) mass is 448 g/mol. The number of nitriles is 1. The molecule has 0 bridgehead atoms. The fourth-order valence-electron chi connectivity index (χ4n) is 2.71. The van der Waals surface area contributed by atoms with Crippen LogP contribution in [0.25, 0.3) is 6.08 Å². The summed E-state index contributed by atoms with van der Waals surface area (Å²) >= 11 is 1.32. The third-order valence-corrected chi connectivity index (χ3v) is 5.05. The molecule has 0 atom stereocenters. The van der Waals surface area contributed by atoms with Gasteiger partial charge < -0.3 is 9.47 Å². The van der Waals surface area contributed by atoms with E-state index in [1.54, 1.807) is 24.3 Å². The Labute approximate surface area is 191 Å². The van der Waals surface area contributed by atoms with Crippen molar-refractivity contribution in [2.75, 3.05) is 18.5 Å². The molecular weight excluding hydrogens is 424 g/mol. The predicted octanol–water partition coefficient (Wildman–Crippen LogP) is 4.74. The van der Waals surface area contributed by atoms with Gasteiger partial charge in [-0.05, 0) is 41.8 Å². The first kappa shape index (κ1) is 23.0. The molecule has 1 amide bonds. The van der Waals surface area contributed by atoms with E-state index in [1.807, 2.05) is 36.4 Å². The molecule has 8 heteroatoms. The lowest BCUT2D eigenvalue weighted by Crippen LogP contribution is -2.13. The molecule has 0 aliphatic carbocycles. The Morgan fingerprint density at radius 3 is 2.34 bits per heavy atom. The fraction of sp³-hybridized carbons (Fsp3) is 0.250. The molecule has 3 rings (SSSR count). The molecule has 1 heterocycles. The number of nitrogens with zero attached hydrogens (tertiary/aromatic N) is 3. The van der Waals surface area contributed by atoms with E-state index in [-0.39, 0.29) is 5.57 Å². The van der Waals surface area contributed by atoms with Gasteiger partial charge >= 0.3 is 0 Å². The van der Waals surface area contributed by atoms with Crippen molar-refractivity contribution in [3.8, 4) is 17.6 Å². The molecule has 0 saturated heterocycles. The van der Waals surface area contributed by atoms with Crippen LogP contribution < -0.4 is 14.8 Å². The smallest absolute Gasteiger partial charge is 0.268 e. The number of hydrogen-bond acceptors (Lipinski definition) is 7. The number of benzene rings is 2. The molecule has 0 radical (unpaired) electrons. The molecule has 1 aromatic heterocycles. The molecule has 164 valence electrons. The summed E-state index contributed by atoms with van der Waals surface area (Å²) in [6.45, 7) is 5.00. The van der Waals surface area contributed by atoms with Crippen LogP contribution in [0.4, 0.5) is 5.13 Å². The molecule has 32 heavy (non-hydrogen) atoms. The third kappa shape index (κ3) is 7.22. The number of aromatic nitrogens is 2. The third-order valence-electron chi connectivity index (χ3n) is 4.19. The summed E-state index contributed by atoms with van der Waals surface area (Å²) in [6, 6.07) is 18.6. The molecule has 0 spiro atoms. The van der Waals surface area contributed by atoms with Crippen LogP contribution in [0.3, 0.4) is 0 Å². The van der Waals surface area contributed by atoms with Crippen LogP contribution in [0.2, 0.25) is 0 Å². The van der Waals surface area contributed by atoms with Gasteiger partial charge in [0.1, 0.15) is 41.4 Å². The number of rotatable bonds is 10. The van der Waals surface area contributed by atoms with Crippen molar-refractivity contribution in [3.63, 3.8) is 0 Å². The summed E-state index contributed by atoms with van der Waals surface area (Å²) in [6.07, 6.45) is 2.31. The molecule has 0 fully saturated rings. The van der Waals surface area contributed by atoms with Crippen LogP contribution in [0.5, 0.6) is 11.5 Å². The zero-order valence-electron chi connectivity index (χ0n) is 17.9. The Balaban J connectivity index is 1.52. The second-order valence-corrected chi connectivity index (χ2v) is 8.36. The van der Waals surface area contributed by atoms with Gasteiger partial charge in [0.2, 0.25) is 5.13 Å². The maximum atomic E-state index is 12.4. The Hall–Kier alpha value is -3.70. The summed E-state index contributed by atoms with van der Waals surface area (Å²) in [5, 5.41) is 21.3. The van der Waals surface area contributed by atoms with E-state index in [2.05, 4.69) is 29.4 Å². The van der Waals surface area contributed by atoms with Crippen molar-refractivity contribution in [1.29, 1.82) is 5.26 Å². The van der Waals surface area contributed by atoms with Crippen LogP contribution >= 0.6 is 11.3 Å². The molecule has 0 aliphatic rings. The normalized spacial score (nSPS) is 11.1. The van der Waals surface area contributed by atoms with E-state index in [1.165, 1.54) is 17.4 Å². The largest absolute Gasteiger partial charge is 0.490 e. The summed E-state index contributed by atoms with van der Waals surface area (Å²) in [5.74, 6) is 1.40. The van der Waals surface area contributed by atoms with Crippen molar-refractivity contribution in [2.24, 2.45) is 5.92 Å². The number of nitrogens with one attached hydrogen (secondary N) is 1. The summed E-state index contributed by atoms with van der Waals surface area (Å²) in [7, 11) is 0. The molecular formula is C24H24N4O3S. The molecule has 2 aromatic carbocycles. The van der Waals surface area contributed by atoms with Crippen LogP contribution in [-0.4, -0.2) is 29.3 Å². The lowest BCUT2D eigenvalue weighted by atomic mass is 10.1. The summed E-state index contributed by atoms with van der Waals surface area (Å²) in [4.78, 5) is 12.4. The lowest BCUT2D eigenvalue weighted by Gasteiger charge is -2.08. The molecule has 7 nitrogen and oxygen atoms in total. The van der Waals surface area contributed by atoms with Crippen molar-refractivity contribution < 1.29 is 14.3 Å². The number of hydrogen-bond donors (Lipinski definition) is 1. The van der Waals surface area contributed by atoms with Crippen molar-refractivity contribution in [1.82, 2.24) is 10.2 Å². The number of anilines is 1. The number of para-hydroxylation sites is 1. The van der Waals surface area contributed by atoms with Crippen molar-refractivity contribution in [3.05, 3.63) is 70.7 Å². The highest BCUT2D eigenvalue weighted by molar-refractivity contribution is 7.15. The van der Waals surface area contributed by atoms with E-state index in [0.717, 1.165) is 17.2 Å². The van der Waals surface area contributed by atoms with Gasteiger partial charge in [0, 0.05) is 6.42 Å². The Kier molecular flexibility index (Phi) is 8.35. The van der Waals surface area contributed by atoms with Gasteiger partial charge in [-0.25, -0.2) is 0 Å². The minimum Gasteiger partial charge on any atom is -0.490 e. The number of carbonyl (C=O) groups excluding carboxylic acids is 1. The fourth-order valence-corrected chi connectivity index (χ4v) is 3.66. The van der Waals surface area contributed by atoms with Crippen molar-refractivity contribution >= 4 is 28.5 Å². The number of carbonyl (C=O) groups is 1.